The highest BCUT2D eigenvalue weighted by atomic mass is 16.7. The Balaban J connectivity index is 3.10. The van der Waals surface area contributed by atoms with Crippen LogP contribution in [0.15, 0.2) is 23.8 Å². The second kappa shape index (κ2) is 4.57. The third-order valence-electron chi connectivity index (χ3n) is 2.37. The summed E-state index contributed by atoms with van der Waals surface area (Å²) in [4.78, 5) is 11.0. The van der Waals surface area contributed by atoms with Crippen molar-refractivity contribution in [1.82, 2.24) is 0 Å². The van der Waals surface area contributed by atoms with Gasteiger partial charge in [0.05, 0.1) is 5.57 Å². The van der Waals surface area contributed by atoms with E-state index in [0.29, 0.717) is 0 Å². The first-order chi connectivity index (χ1) is 7.11. The lowest BCUT2D eigenvalue weighted by atomic mass is 9.95. The Kier molecular flexibility index (Phi) is 3.62. The number of allylic oxidation sites excluding steroid dienone is 2. The third kappa shape index (κ3) is 1.94. The first kappa shape index (κ1) is 11.9. The van der Waals surface area contributed by atoms with Gasteiger partial charge in [0.15, 0.2) is 0 Å². The summed E-state index contributed by atoms with van der Waals surface area (Å²) in [6.07, 6.45) is 3.88. The lowest BCUT2D eigenvalue weighted by Gasteiger charge is -2.36. The minimum Gasteiger partial charge on any atom is -0.478 e. The molecule has 0 aliphatic heterocycles. The number of rotatable bonds is 4. The lowest BCUT2D eigenvalue weighted by Crippen LogP contribution is -2.49. The zero-order chi connectivity index (χ0) is 11.5. The molecule has 0 fully saturated rings. The molecule has 0 heterocycles. The van der Waals surface area contributed by atoms with E-state index in [2.05, 4.69) is 0 Å². The van der Waals surface area contributed by atoms with Crippen LogP contribution in [0.2, 0.25) is 0 Å². The van der Waals surface area contributed by atoms with Crippen molar-refractivity contribution in [3.05, 3.63) is 23.8 Å². The number of hydrogen-bond donors (Lipinski definition) is 1. The molecule has 1 atom stereocenters. The van der Waals surface area contributed by atoms with Crippen molar-refractivity contribution >= 4 is 5.97 Å². The van der Waals surface area contributed by atoms with Gasteiger partial charge in [-0.3, -0.25) is 0 Å². The van der Waals surface area contributed by atoms with E-state index in [1.54, 1.807) is 12.2 Å². The van der Waals surface area contributed by atoms with E-state index in [0.717, 1.165) is 0 Å². The number of methoxy groups -OCH3 is 3. The molecule has 5 nitrogen and oxygen atoms in total. The zero-order valence-corrected chi connectivity index (χ0v) is 8.89. The predicted molar refractivity (Wildman–Crippen MR) is 52.4 cm³/mol. The largest absolute Gasteiger partial charge is 0.478 e. The molecule has 0 saturated carbocycles. The number of carboxylic acid groups (broad SMARTS) is 1. The highest BCUT2D eigenvalue weighted by Gasteiger charge is 2.43. The van der Waals surface area contributed by atoms with Gasteiger partial charge in [-0.25, -0.2) is 4.79 Å². The van der Waals surface area contributed by atoms with Crippen molar-refractivity contribution in [3.8, 4) is 0 Å². The van der Waals surface area contributed by atoms with Gasteiger partial charge in [0.2, 0.25) is 5.79 Å². The summed E-state index contributed by atoms with van der Waals surface area (Å²) < 4.78 is 15.5. The molecule has 0 aromatic heterocycles. The SMILES string of the molecule is COC1C(C(=O)O)=CC=CC1(OC)OC. The predicted octanol–water partition coefficient (Wildman–Crippen LogP) is 0.571. The van der Waals surface area contributed by atoms with Crippen LogP contribution in [0.5, 0.6) is 0 Å². The maximum Gasteiger partial charge on any atom is 0.334 e. The van der Waals surface area contributed by atoms with E-state index in [4.69, 9.17) is 19.3 Å². The fourth-order valence-corrected chi connectivity index (χ4v) is 1.59. The molecule has 84 valence electrons. The van der Waals surface area contributed by atoms with Crippen LogP contribution >= 0.6 is 0 Å². The molecular weight excluding hydrogens is 200 g/mol. The number of aliphatic carboxylic acids is 1. The number of ether oxygens (including phenoxy) is 3. The Hall–Kier alpha value is -1.17. The molecule has 1 N–H and O–H groups in total. The van der Waals surface area contributed by atoms with E-state index in [-0.39, 0.29) is 5.57 Å². The van der Waals surface area contributed by atoms with Crippen molar-refractivity contribution < 1.29 is 24.1 Å². The second-order valence-electron chi connectivity index (χ2n) is 3.03. The van der Waals surface area contributed by atoms with Crippen molar-refractivity contribution in [3.63, 3.8) is 0 Å². The molecule has 1 aliphatic carbocycles. The second-order valence-corrected chi connectivity index (χ2v) is 3.03. The summed E-state index contributed by atoms with van der Waals surface area (Å²) in [5, 5.41) is 8.97. The smallest absolute Gasteiger partial charge is 0.334 e. The standard InChI is InChI=1S/C10H14O5/c1-13-8-7(9(11)12)5-4-6-10(8,14-2)15-3/h4-6,8H,1-3H3,(H,11,12). The highest BCUT2D eigenvalue weighted by Crippen LogP contribution is 2.30. The van der Waals surface area contributed by atoms with Gasteiger partial charge in [-0.2, -0.15) is 0 Å². The Labute approximate surface area is 87.9 Å². The maximum atomic E-state index is 11.0. The molecule has 0 spiro atoms. The topological polar surface area (TPSA) is 65.0 Å². The summed E-state index contributed by atoms with van der Waals surface area (Å²) in [5.74, 6) is -2.22. The number of carboxylic acids is 1. The quantitative estimate of drug-likeness (QED) is 0.693. The molecular formula is C10H14O5. The van der Waals surface area contributed by atoms with Crippen molar-refractivity contribution in [1.29, 1.82) is 0 Å². The van der Waals surface area contributed by atoms with E-state index in [1.165, 1.54) is 27.4 Å². The van der Waals surface area contributed by atoms with Crippen LogP contribution in [0.1, 0.15) is 0 Å². The first-order valence-corrected chi connectivity index (χ1v) is 4.37. The van der Waals surface area contributed by atoms with Crippen LogP contribution in [0, 0.1) is 0 Å². The highest BCUT2D eigenvalue weighted by molar-refractivity contribution is 5.89. The molecule has 1 aliphatic rings. The molecule has 0 bridgehead atoms. The normalized spacial score (nSPS) is 23.7. The van der Waals surface area contributed by atoms with Gasteiger partial charge < -0.3 is 19.3 Å². The van der Waals surface area contributed by atoms with Gasteiger partial charge in [0, 0.05) is 21.3 Å². The molecule has 0 saturated heterocycles. The van der Waals surface area contributed by atoms with Crippen LogP contribution in [-0.2, 0) is 19.0 Å². The monoisotopic (exact) mass is 214 g/mol. The first-order valence-electron chi connectivity index (χ1n) is 4.37. The van der Waals surface area contributed by atoms with Gasteiger partial charge in [-0.15, -0.1) is 0 Å². The summed E-state index contributed by atoms with van der Waals surface area (Å²) in [7, 11) is 4.28. The molecule has 0 aromatic carbocycles. The van der Waals surface area contributed by atoms with E-state index in [9.17, 15) is 4.79 Å². The molecule has 0 aromatic rings. The van der Waals surface area contributed by atoms with Crippen LogP contribution < -0.4 is 0 Å². The van der Waals surface area contributed by atoms with E-state index < -0.39 is 17.9 Å². The maximum absolute atomic E-state index is 11.0. The molecule has 15 heavy (non-hydrogen) atoms. The summed E-state index contributed by atoms with van der Waals surface area (Å²) >= 11 is 0. The van der Waals surface area contributed by atoms with E-state index in [1.807, 2.05) is 0 Å². The fraction of sp³-hybridized carbons (Fsp3) is 0.500. The molecule has 5 heteroatoms. The van der Waals surface area contributed by atoms with Gasteiger partial charge in [-0.05, 0) is 12.2 Å². The lowest BCUT2D eigenvalue weighted by molar-refractivity contribution is -0.224. The Morgan fingerprint density at radius 2 is 2.00 bits per heavy atom. The Morgan fingerprint density at radius 3 is 2.40 bits per heavy atom. The van der Waals surface area contributed by atoms with E-state index >= 15 is 0 Å². The van der Waals surface area contributed by atoms with Gasteiger partial charge in [0.25, 0.3) is 0 Å². The molecule has 1 unspecified atom stereocenters. The van der Waals surface area contributed by atoms with Crippen LogP contribution in [-0.4, -0.2) is 44.3 Å². The van der Waals surface area contributed by atoms with Gasteiger partial charge >= 0.3 is 5.97 Å². The third-order valence-corrected chi connectivity index (χ3v) is 2.37. The van der Waals surface area contributed by atoms with Crippen molar-refractivity contribution in [2.75, 3.05) is 21.3 Å². The molecule has 0 amide bonds. The van der Waals surface area contributed by atoms with Gasteiger partial charge in [-0.1, -0.05) is 6.08 Å². The van der Waals surface area contributed by atoms with Crippen molar-refractivity contribution in [2.24, 2.45) is 0 Å². The van der Waals surface area contributed by atoms with Crippen LogP contribution in [0.25, 0.3) is 0 Å². The Bertz CT molecular complexity index is 301. The summed E-state index contributed by atoms with van der Waals surface area (Å²) in [6.45, 7) is 0. The average molecular weight is 214 g/mol. The number of carbonyl (C=O) groups is 1. The zero-order valence-electron chi connectivity index (χ0n) is 8.89. The minimum atomic E-state index is -1.17. The molecule has 0 radical (unpaired) electrons. The molecule has 1 rings (SSSR count). The number of hydrogen-bond acceptors (Lipinski definition) is 4. The fourth-order valence-electron chi connectivity index (χ4n) is 1.59. The average Bonchev–Trinajstić information content (AvgIpc) is 2.27. The minimum absolute atomic E-state index is 0.101. The summed E-state index contributed by atoms with van der Waals surface area (Å²) in [6, 6.07) is 0. The van der Waals surface area contributed by atoms with Gasteiger partial charge in [0.1, 0.15) is 6.10 Å². The summed E-state index contributed by atoms with van der Waals surface area (Å²) in [5.41, 5.74) is 0.101. The Morgan fingerprint density at radius 1 is 1.40 bits per heavy atom. The van der Waals surface area contributed by atoms with Crippen molar-refractivity contribution in [2.45, 2.75) is 11.9 Å². The van der Waals surface area contributed by atoms with Crippen LogP contribution in [0.3, 0.4) is 0 Å². The van der Waals surface area contributed by atoms with Crippen LogP contribution in [0.4, 0.5) is 0 Å².